The Labute approximate surface area is 409 Å². The van der Waals surface area contributed by atoms with E-state index in [1.807, 2.05) is 12.1 Å². The van der Waals surface area contributed by atoms with E-state index in [1.165, 1.54) is 95.2 Å². The molecule has 0 spiro atoms. The maximum atomic E-state index is 14.1. The highest BCUT2D eigenvalue weighted by molar-refractivity contribution is 6.10. The van der Waals surface area contributed by atoms with E-state index in [0.717, 1.165) is 44.9 Å². The second-order valence-electron chi connectivity index (χ2n) is 20.4. The summed E-state index contributed by atoms with van der Waals surface area (Å²) in [6.07, 6.45) is 0. The molecule has 70 heavy (non-hydrogen) atoms. The summed E-state index contributed by atoms with van der Waals surface area (Å²) in [6.45, 7) is 11.5. The van der Waals surface area contributed by atoms with Gasteiger partial charge in [-0.2, -0.15) is 0 Å². The third kappa shape index (κ3) is 6.52. The molecule has 2 nitrogen and oxygen atoms in total. The van der Waals surface area contributed by atoms with Crippen molar-refractivity contribution in [1.29, 1.82) is 0 Å². The van der Waals surface area contributed by atoms with Gasteiger partial charge in [-0.3, -0.25) is 0 Å². The molecule has 0 N–H and O–H groups in total. The fourth-order valence-electron chi connectivity index (χ4n) is 11.8. The molecule has 0 fully saturated rings. The zero-order chi connectivity index (χ0) is 47.5. The van der Waals surface area contributed by atoms with Crippen molar-refractivity contribution in [1.82, 2.24) is 4.57 Å². The number of aryl methyl sites for hydroxylation is 1. The lowest BCUT2D eigenvalue weighted by Crippen LogP contribution is -2.14. The number of rotatable bonds is 7. The van der Waals surface area contributed by atoms with Gasteiger partial charge in [0.05, 0.1) is 11.0 Å². The van der Waals surface area contributed by atoms with Crippen molar-refractivity contribution >= 4 is 38.9 Å². The highest BCUT2D eigenvalue weighted by Gasteiger charge is 2.36. The predicted octanol–water partition coefficient (Wildman–Crippen LogP) is 18.3. The van der Waals surface area contributed by atoms with Gasteiger partial charge in [0.15, 0.2) is 0 Å². The Morgan fingerprint density at radius 2 is 0.743 bits per heavy atom. The van der Waals surface area contributed by atoms with Gasteiger partial charge in [-0.25, -0.2) is 4.39 Å². The fraction of sp³-hybridized carbons (Fsp3) is 0.104. The number of halogens is 1. The average Bonchev–Trinajstić information content (AvgIpc) is 3.93. The Bertz CT molecular complexity index is 3720. The molecule has 0 atom stereocenters. The number of anilines is 3. The lowest BCUT2D eigenvalue weighted by molar-refractivity contribution is 0.627. The number of aromatic nitrogens is 1. The van der Waals surface area contributed by atoms with Crippen LogP contribution in [0.2, 0.25) is 0 Å². The van der Waals surface area contributed by atoms with E-state index in [9.17, 15) is 4.39 Å². The van der Waals surface area contributed by atoms with Gasteiger partial charge in [-0.05, 0) is 182 Å². The zero-order valence-electron chi connectivity index (χ0n) is 40.1. The second kappa shape index (κ2) is 15.6. The molecule has 0 saturated heterocycles. The third-order valence-corrected chi connectivity index (χ3v) is 15.5. The molecule has 0 unspecified atom stereocenters. The van der Waals surface area contributed by atoms with E-state index in [-0.39, 0.29) is 16.6 Å². The van der Waals surface area contributed by atoms with Crippen LogP contribution in [0.5, 0.6) is 0 Å². The van der Waals surface area contributed by atoms with Gasteiger partial charge in [-0.15, -0.1) is 0 Å². The molecule has 2 aliphatic carbocycles. The van der Waals surface area contributed by atoms with Gasteiger partial charge in [0, 0.05) is 44.4 Å². The van der Waals surface area contributed by atoms with Crippen molar-refractivity contribution in [3.05, 3.63) is 252 Å². The Balaban J connectivity index is 0.873. The Kier molecular flexibility index (Phi) is 9.35. The first-order chi connectivity index (χ1) is 34.0. The number of fused-ring (bicyclic) bond motifs is 9. The number of benzene rings is 10. The smallest absolute Gasteiger partial charge is 0.123 e. The fourth-order valence-corrected chi connectivity index (χ4v) is 11.8. The summed E-state index contributed by atoms with van der Waals surface area (Å²) in [4.78, 5) is 2.37. The summed E-state index contributed by atoms with van der Waals surface area (Å²) in [7, 11) is 0. The SMILES string of the molecule is Cc1ccc2c(c1)c1cc(-c3ccc(N(c4ccc(-c5ccc6c(c5)C(C)(C)c5ccccc5-6)cc4)c4ccc(-c5ccc6c(c5)C(C)(C)c5ccccc5-6)cc4)cc3)ccc1n2-c1ccc(F)cc1. The molecule has 3 heteroatoms. The largest absolute Gasteiger partial charge is 0.311 e. The molecular weight excluding hydrogens is 852 g/mol. The van der Waals surface area contributed by atoms with Crippen molar-refractivity contribution in [2.45, 2.75) is 45.4 Å². The standard InChI is InChI=1S/C67H51FN2/c1-42-14-36-64-58(38-42)59-39-46(23-37-65(59)70(64)53-32-24-49(68)25-33-53)43-15-26-50(27-16-43)69(51-28-17-44(18-29-51)47-21-34-56-54-10-6-8-12-60(54)66(2,3)62(56)40-47)52-30-19-45(20-31-52)48-22-35-57-55-11-7-9-13-61(55)67(4,5)63(57)41-48/h6-41H,1-5H3. The third-order valence-electron chi connectivity index (χ3n) is 15.5. The van der Waals surface area contributed by atoms with Crippen molar-refractivity contribution in [3.8, 4) is 61.3 Å². The van der Waals surface area contributed by atoms with E-state index in [4.69, 9.17) is 0 Å². The Morgan fingerprint density at radius 1 is 0.357 bits per heavy atom. The maximum absolute atomic E-state index is 14.1. The lowest BCUT2D eigenvalue weighted by atomic mass is 9.81. The highest BCUT2D eigenvalue weighted by atomic mass is 19.1. The van der Waals surface area contributed by atoms with E-state index in [1.54, 1.807) is 0 Å². The molecule has 0 radical (unpaired) electrons. The van der Waals surface area contributed by atoms with E-state index in [0.29, 0.717) is 0 Å². The van der Waals surface area contributed by atoms with Gasteiger partial charge < -0.3 is 9.47 Å². The predicted molar refractivity (Wildman–Crippen MR) is 292 cm³/mol. The molecule has 2 aliphatic rings. The number of nitrogens with zero attached hydrogens (tertiary/aromatic N) is 2. The molecule has 11 aromatic rings. The van der Waals surface area contributed by atoms with Gasteiger partial charge >= 0.3 is 0 Å². The molecule has 336 valence electrons. The van der Waals surface area contributed by atoms with Crippen LogP contribution in [0, 0.1) is 12.7 Å². The van der Waals surface area contributed by atoms with Crippen LogP contribution in [0.25, 0.3) is 83.1 Å². The first-order valence-corrected chi connectivity index (χ1v) is 24.4. The van der Waals surface area contributed by atoms with E-state index < -0.39 is 0 Å². The molecule has 0 amide bonds. The van der Waals surface area contributed by atoms with Crippen LogP contribution in [0.3, 0.4) is 0 Å². The summed E-state index contributed by atoms with van der Waals surface area (Å²) >= 11 is 0. The van der Waals surface area contributed by atoms with Crippen molar-refractivity contribution in [2.24, 2.45) is 0 Å². The normalized spacial score (nSPS) is 13.8. The number of hydrogen-bond donors (Lipinski definition) is 0. The van der Waals surface area contributed by atoms with E-state index >= 15 is 0 Å². The van der Waals surface area contributed by atoms with Crippen molar-refractivity contribution in [3.63, 3.8) is 0 Å². The van der Waals surface area contributed by atoms with Gasteiger partial charge in [0.25, 0.3) is 0 Å². The average molecular weight is 903 g/mol. The minimum Gasteiger partial charge on any atom is -0.311 e. The maximum Gasteiger partial charge on any atom is 0.123 e. The minimum absolute atomic E-state index is 0.0638. The summed E-state index contributed by atoms with van der Waals surface area (Å²) in [6, 6.07) is 78.8. The van der Waals surface area contributed by atoms with Crippen molar-refractivity contribution < 1.29 is 4.39 Å². The van der Waals surface area contributed by atoms with Gasteiger partial charge in [-0.1, -0.05) is 155 Å². The van der Waals surface area contributed by atoms with Crippen LogP contribution in [0.1, 0.15) is 55.5 Å². The van der Waals surface area contributed by atoms with Gasteiger partial charge in [0.2, 0.25) is 0 Å². The molecule has 1 aromatic heterocycles. The molecule has 1 heterocycles. The molecule has 10 aromatic carbocycles. The van der Waals surface area contributed by atoms with Crippen LogP contribution in [-0.4, -0.2) is 4.57 Å². The first kappa shape index (κ1) is 41.9. The first-order valence-electron chi connectivity index (χ1n) is 24.4. The zero-order valence-corrected chi connectivity index (χ0v) is 40.1. The van der Waals surface area contributed by atoms with Crippen LogP contribution in [-0.2, 0) is 10.8 Å². The summed E-state index contributed by atoms with van der Waals surface area (Å²) in [5.74, 6) is -0.240. The van der Waals surface area contributed by atoms with E-state index in [2.05, 4.69) is 238 Å². The topological polar surface area (TPSA) is 8.17 Å². The Morgan fingerprint density at radius 3 is 1.23 bits per heavy atom. The molecular formula is C67H51FN2. The van der Waals surface area contributed by atoms with Gasteiger partial charge in [0.1, 0.15) is 5.82 Å². The molecule has 0 aliphatic heterocycles. The number of hydrogen-bond acceptors (Lipinski definition) is 1. The summed E-state index contributed by atoms with van der Waals surface area (Å²) in [5.41, 5.74) is 25.4. The molecule has 13 rings (SSSR count). The Hall–Kier alpha value is -8.27. The van der Waals surface area contributed by atoms with Crippen molar-refractivity contribution in [2.75, 3.05) is 4.90 Å². The molecule has 0 saturated carbocycles. The van der Waals surface area contributed by atoms with Crippen LogP contribution >= 0.6 is 0 Å². The second-order valence-corrected chi connectivity index (χ2v) is 20.4. The quantitative estimate of drug-likeness (QED) is 0.155. The lowest BCUT2D eigenvalue weighted by Gasteiger charge is -2.26. The highest BCUT2D eigenvalue weighted by Crippen LogP contribution is 2.51. The molecule has 0 bridgehead atoms. The van der Waals surface area contributed by atoms with Crippen LogP contribution < -0.4 is 4.90 Å². The summed E-state index contributed by atoms with van der Waals surface area (Å²) in [5, 5.41) is 2.35. The minimum atomic E-state index is -0.240. The van der Waals surface area contributed by atoms with Crippen LogP contribution in [0.4, 0.5) is 21.5 Å². The monoisotopic (exact) mass is 902 g/mol. The van der Waals surface area contributed by atoms with Crippen LogP contribution in [0.15, 0.2) is 218 Å². The summed E-state index contributed by atoms with van der Waals surface area (Å²) < 4.78 is 16.3.